The molecule has 34 heavy (non-hydrogen) atoms. The number of nitrogens with one attached hydrogen (secondary N) is 3. The maximum absolute atomic E-state index is 13.0. The molecule has 4 unspecified atom stereocenters. The highest BCUT2D eigenvalue weighted by molar-refractivity contribution is 7.98. The van der Waals surface area contributed by atoms with Gasteiger partial charge in [0.25, 0.3) is 0 Å². The number of carbonyl (C=O) groups is 5. The van der Waals surface area contributed by atoms with Crippen molar-refractivity contribution in [1.29, 1.82) is 0 Å². The Balaban J connectivity index is 5.46. The molecular weight excluding hydrogens is 464 g/mol. The molecule has 0 aromatic rings. The molecule has 12 heteroatoms. The van der Waals surface area contributed by atoms with Crippen LogP contribution in [0.15, 0.2) is 0 Å². The van der Waals surface area contributed by atoms with E-state index in [1.54, 1.807) is 11.8 Å². The van der Waals surface area contributed by atoms with Gasteiger partial charge in [-0.25, -0.2) is 4.79 Å². The minimum absolute atomic E-state index is 0.0172. The van der Waals surface area contributed by atoms with E-state index in [0.29, 0.717) is 18.6 Å². The molecule has 4 atom stereocenters. The molecule has 0 aliphatic carbocycles. The molecule has 0 bridgehead atoms. The van der Waals surface area contributed by atoms with E-state index in [0.717, 1.165) is 0 Å². The van der Waals surface area contributed by atoms with E-state index in [1.165, 1.54) is 0 Å². The van der Waals surface area contributed by atoms with Crippen molar-refractivity contribution < 1.29 is 34.2 Å². The van der Waals surface area contributed by atoms with Crippen LogP contribution in [0.1, 0.15) is 59.8 Å². The molecule has 0 rings (SSSR count). The van der Waals surface area contributed by atoms with Gasteiger partial charge >= 0.3 is 11.9 Å². The molecule has 0 aliphatic heterocycles. The number of nitrogens with two attached hydrogens (primary N) is 1. The van der Waals surface area contributed by atoms with E-state index >= 15 is 0 Å². The lowest BCUT2D eigenvalue weighted by Crippen LogP contribution is -2.57. The third kappa shape index (κ3) is 13.4. The van der Waals surface area contributed by atoms with Crippen molar-refractivity contribution in [2.24, 2.45) is 17.6 Å². The minimum Gasteiger partial charge on any atom is -0.481 e. The minimum atomic E-state index is -1.41. The maximum Gasteiger partial charge on any atom is 0.326 e. The van der Waals surface area contributed by atoms with Crippen LogP contribution in [0.25, 0.3) is 0 Å². The predicted octanol–water partition coefficient (Wildman–Crippen LogP) is 0.563. The van der Waals surface area contributed by atoms with Crippen molar-refractivity contribution in [3.8, 4) is 0 Å². The Hall–Kier alpha value is -2.34. The SMILES string of the molecule is CSCCC(N)C(=O)NC(CC(C)C)C(=O)NC(CC(C)C)C(=O)NC(CCC(=O)O)C(=O)O. The monoisotopic (exact) mass is 504 g/mol. The molecule has 0 saturated carbocycles. The zero-order valence-electron chi connectivity index (χ0n) is 20.6. The number of hydrogen-bond acceptors (Lipinski definition) is 7. The largest absolute Gasteiger partial charge is 0.481 e. The van der Waals surface area contributed by atoms with Crippen molar-refractivity contribution in [3.63, 3.8) is 0 Å². The van der Waals surface area contributed by atoms with Crippen molar-refractivity contribution in [2.75, 3.05) is 12.0 Å². The topological polar surface area (TPSA) is 188 Å². The molecule has 3 amide bonds. The number of carboxylic acids is 2. The zero-order chi connectivity index (χ0) is 26.4. The summed E-state index contributed by atoms with van der Waals surface area (Å²) in [6.07, 6.45) is 2.17. The third-order valence-electron chi connectivity index (χ3n) is 4.91. The lowest BCUT2D eigenvalue weighted by Gasteiger charge is -2.26. The van der Waals surface area contributed by atoms with Gasteiger partial charge in [-0.1, -0.05) is 27.7 Å². The summed E-state index contributed by atoms with van der Waals surface area (Å²) in [4.78, 5) is 60.6. The highest BCUT2D eigenvalue weighted by atomic mass is 32.2. The number of rotatable bonds is 17. The van der Waals surface area contributed by atoms with Crippen molar-refractivity contribution >= 4 is 41.4 Å². The Morgan fingerprint density at radius 2 is 1.21 bits per heavy atom. The molecule has 7 N–H and O–H groups in total. The Labute approximate surface area is 205 Å². The van der Waals surface area contributed by atoms with Gasteiger partial charge in [-0.15, -0.1) is 0 Å². The second kappa shape index (κ2) is 16.3. The van der Waals surface area contributed by atoms with Crippen LogP contribution in [-0.2, 0) is 24.0 Å². The molecule has 0 aromatic carbocycles. The van der Waals surface area contributed by atoms with Crippen LogP contribution in [0.2, 0.25) is 0 Å². The van der Waals surface area contributed by atoms with E-state index in [4.69, 9.17) is 10.8 Å². The summed E-state index contributed by atoms with van der Waals surface area (Å²) in [5.41, 5.74) is 5.91. The second-order valence-corrected chi connectivity index (χ2v) is 10.1. The van der Waals surface area contributed by atoms with Crippen LogP contribution < -0.4 is 21.7 Å². The summed E-state index contributed by atoms with van der Waals surface area (Å²) in [6.45, 7) is 7.45. The first-order valence-corrected chi connectivity index (χ1v) is 12.8. The molecule has 0 aliphatic rings. The first-order chi connectivity index (χ1) is 15.8. The lowest BCUT2D eigenvalue weighted by molar-refractivity contribution is -0.143. The number of thioether (sulfide) groups is 1. The second-order valence-electron chi connectivity index (χ2n) is 9.10. The smallest absolute Gasteiger partial charge is 0.326 e. The summed E-state index contributed by atoms with van der Waals surface area (Å²) in [7, 11) is 0. The van der Waals surface area contributed by atoms with Crippen molar-refractivity contribution in [2.45, 2.75) is 84.0 Å². The normalized spacial score (nSPS) is 14.7. The quantitative estimate of drug-likeness (QED) is 0.164. The van der Waals surface area contributed by atoms with Gasteiger partial charge in [-0.3, -0.25) is 19.2 Å². The van der Waals surface area contributed by atoms with E-state index in [1.807, 2.05) is 34.0 Å². The van der Waals surface area contributed by atoms with Gasteiger partial charge < -0.3 is 31.9 Å². The van der Waals surface area contributed by atoms with E-state index in [-0.39, 0.29) is 24.7 Å². The summed E-state index contributed by atoms with van der Waals surface area (Å²) >= 11 is 1.55. The van der Waals surface area contributed by atoms with Crippen LogP contribution in [-0.4, -0.2) is 76.0 Å². The fraction of sp³-hybridized carbons (Fsp3) is 0.773. The average molecular weight is 505 g/mol. The van der Waals surface area contributed by atoms with Gasteiger partial charge in [-0.2, -0.15) is 11.8 Å². The molecule has 11 nitrogen and oxygen atoms in total. The first kappa shape index (κ1) is 31.7. The van der Waals surface area contributed by atoms with E-state index in [2.05, 4.69) is 16.0 Å². The zero-order valence-corrected chi connectivity index (χ0v) is 21.4. The molecule has 0 aromatic heterocycles. The van der Waals surface area contributed by atoms with Crippen molar-refractivity contribution in [1.82, 2.24) is 16.0 Å². The van der Waals surface area contributed by atoms with Gasteiger partial charge in [0, 0.05) is 6.42 Å². The number of carbonyl (C=O) groups excluding carboxylic acids is 3. The predicted molar refractivity (Wildman–Crippen MR) is 130 cm³/mol. The standard InChI is InChI=1S/C22H40N4O7S/c1-12(2)10-16(25-19(29)14(23)8-9-34-5)21(31)26-17(11-13(3)4)20(30)24-15(22(32)33)6-7-18(27)28/h12-17H,6-11,23H2,1-5H3,(H,24,30)(H,25,29)(H,26,31)(H,27,28)(H,32,33). The Bertz CT molecular complexity index is 703. The van der Waals surface area contributed by atoms with Crippen molar-refractivity contribution in [3.05, 3.63) is 0 Å². The molecule has 196 valence electrons. The Morgan fingerprint density at radius 1 is 0.765 bits per heavy atom. The number of amides is 3. The highest BCUT2D eigenvalue weighted by Crippen LogP contribution is 2.10. The molecule has 0 spiro atoms. The van der Waals surface area contributed by atoms with Crippen LogP contribution in [0.4, 0.5) is 0 Å². The first-order valence-electron chi connectivity index (χ1n) is 11.4. The van der Waals surface area contributed by atoms with Gasteiger partial charge in [0.2, 0.25) is 17.7 Å². The number of hydrogen-bond donors (Lipinski definition) is 6. The number of aliphatic carboxylic acids is 2. The maximum atomic E-state index is 13.0. The third-order valence-corrected chi connectivity index (χ3v) is 5.56. The van der Waals surface area contributed by atoms with Crippen LogP contribution >= 0.6 is 11.8 Å². The van der Waals surface area contributed by atoms with Gasteiger partial charge in [0.05, 0.1) is 6.04 Å². The molecule has 0 radical (unpaired) electrons. The Morgan fingerprint density at radius 3 is 1.59 bits per heavy atom. The van der Waals surface area contributed by atoms with Crippen LogP contribution in [0.5, 0.6) is 0 Å². The lowest BCUT2D eigenvalue weighted by atomic mass is 9.99. The molecular formula is C22H40N4O7S. The number of carboxylic acid groups (broad SMARTS) is 2. The fourth-order valence-electron chi connectivity index (χ4n) is 3.13. The fourth-order valence-corrected chi connectivity index (χ4v) is 3.62. The summed E-state index contributed by atoms with van der Waals surface area (Å²) in [5, 5.41) is 25.8. The van der Waals surface area contributed by atoms with Gasteiger partial charge in [0.1, 0.15) is 18.1 Å². The summed E-state index contributed by atoms with van der Waals surface area (Å²) in [6, 6.07) is -4.15. The van der Waals surface area contributed by atoms with Crippen LogP contribution in [0.3, 0.4) is 0 Å². The van der Waals surface area contributed by atoms with E-state index < -0.39 is 60.2 Å². The highest BCUT2D eigenvalue weighted by Gasteiger charge is 2.31. The molecule has 0 heterocycles. The summed E-state index contributed by atoms with van der Waals surface area (Å²) in [5.74, 6) is -3.58. The Kier molecular flexibility index (Phi) is 15.2. The van der Waals surface area contributed by atoms with Gasteiger partial charge in [-0.05, 0) is 49.5 Å². The molecule has 0 saturated heterocycles. The summed E-state index contributed by atoms with van der Waals surface area (Å²) < 4.78 is 0. The van der Waals surface area contributed by atoms with Crippen LogP contribution in [0, 0.1) is 11.8 Å². The van der Waals surface area contributed by atoms with Gasteiger partial charge in [0.15, 0.2) is 0 Å². The van der Waals surface area contributed by atoms with E-state index in [9.17, 15) is 29.1 Å². The molecule has 0 fully saturated rings. The average Bonchev–Trinajstić information content (AvgIpc) is 2.72.